The molecule has 0 amide bonds. The van der Waals surface area contributed by atoms with Gasteiger partial charge in [0.1, 0.15) is 5.82 Å². The summed E-state index contributed by atoms with van der Waals surface area (Å²) in [6, 6.07) is 0. The Labute approximate surface area is 123 Å². The minimum Gasteiger partial charge on any atom is -0.326 e. The lowest BCUT2D eigenvalue weighted by Crippen LogP contribution is -2.33. The second kappa shape index (κ2) is 5.51. The standard InChI is InChI=1S/C17H29N3/c1-4-10-17(2,3)20-15-9-11-18-12-14(15)19-16(20)13-7-5-6-8-13/h13,18H,4-12H2,1-3H3. The monoisotopic (exact) mass is 275 g/mol. The van der Waals surface area contributed by atoms with Crippen LogP contribution in [0.15, 0.2) is 0 Å². The zero-order chi connectivity index (χ0) is 14.2. The Balaban J connectivity index is 2.06. The summed E-state index contributed by atoms with van der Waals surface area (Å²) in [6.07, 6.45) is 9.06. The van der Waals surface area contributed by atoms with Gasteiger partial charge in [-0.3, -0.25) is 0 Å². The Hall–Kier alpha value is -0.830. The first-order valence-corrected chi connectivity index (χ1v) is 8.45. The van der Waals surface area contributed by atoms with Gasteiger partial charge in [-0.1, -0.05) is 26.2 Å². The van der Waals surface area contributed by atoms with Crippen molar-refractivity contribution in [2.75, 3.05) is 6.54 Å². The fourth-order valence-corrected chi connectivity index (χ4v) is 4.19. The Morgan fingerprint density at radius 3 is 2.75 bits per heavy atom. The van der Waals surface area contributed by atoms with E-state index in [0.717, 1.165) is 19.5 Å². The Morgan fingerprint density at radius 1 is 1.30 bits per heavy atom. The molecule has 1 N–H and O–H groups in total. The number of hydrogen-bond acceptors (Lipinski definition) is 2. The number of hydrogen-bond donors (Lipinski definition) is 1. The van der Waals surface area contributed by atoms with Crippen LogP contribution in [0.5, 0.6) is 0 Å². The molecular formula is C17H29N3. The first-order valence-electron chi connectivity index (χ1n) is 8.45. The highest BCUT2D eigenvalue weighted by Crippen LogP contribution is 2.38. The molecule has 3 heteroatoms. The lowest BCUT2D eigenvalue weighted by Gasteiger charge is -2.32. The van der Waals surface area contributed by atoms with Gasteiger partial charge in [0, 0.05) is 36.7 Å². The van der Waals surface area contributed by atoms with Gasteiger partial charge in [0.05, 0.1) is 5.69 Å². The van der Waals surface area contributed by atoms with Crippen LogP contribution < -0.4 is 5.32 Å². The maximum absolute atomic E-state index is 5.08. The summed E-state index contributed by atoms with van der Waals surface area (Å²) in [5, 5.41) is 3.48. The minimum absolute atomic E-state index is 0.213. The van der Waals surface area contributed by atoms with E-state index in [4.69, 9.17) is 4.98 Å². The topological polar surface area (TPSA) is 29.9 Å². The molecule has 0 saturated heterocycles. The average Bonchev–Trinajstić information content (AvgIpc) is 3.05. The number of fused-ring (bicyclic) bond motifs is 1. The van der Waals surface area contributed by atoms with Gasteiger partial charge in [-0.05, 0) is 33.1 Å². The molecule has 1 aromatic heterocycles. The fraction of sp³-hybridized carbons (Fsp3) is 0.824. The zero-order valence-electron chi connectivity index (χ0n) is 13.3. The molecule has 0 atom stereocenters. The van der Waals surface area contributed by atoms with Crippen molar-refractivity contribution in [3.8, 4) is 0 Å². The second-order valence-electron chi connectivity index (χ2n) is 7.17. The molecule has 0 bridgehead atoms. The lowest BCUT2D eigenvalue weighted by atomic mass is 9.95. The largest absolute Gasteiger partial charge is 0.326 e. The summed E-state index contributed by atoms with van der Waals surface area (Å²) < 4.78 is 2.64. The van der Waals surface area contributed by atoms with E-state index >= 15 is 0 Å². The molecular weight excluding hydrogens is 246 g/mol. The Morgan fingerprint density at radius 2 is 2.05 bits per heavy atom. The number of rotatable bonds is 4. The van der Waals surface area contributed by atoms with Gasteiger partial charge in [0.15, 0.2) is 0 Å². The summed E-state index contributed by atoms with van der Waals surface area (Å²) in [6.45, 7) is 9.16. The molecule has 1 fully saturated rings. The van der Waals surface area contributed by atoms with Gasteiger partial charge >= 0.3 is 0 Å². The van der Waals surface area contributed by atoms with E-state index in [9.17, 15) is 0 Å². The Bertz CT molecular complexity index is 467. The molecule has 1 aliphatic carbocycles. The number of aromatic nitrogens is 2. The van der Waals surface area contributed by atoms with Gasteiger partial charge in [0.25, 0.3) is 0 Å². The zero-order valence-corrected chi connectivity index (χ0v) is 13.3. The normalized spacial score (nSPS) is 20.4. The maximum atomic E-state index is 5.08. The van der Waals surface area contributed by atoms with Crippen molar-refractivity contribution < 1.29 is 0 Å². The van der Waals surface area contributed by atoms with E-state index in [1.807, 2.05) is 0 Å². The highest BCUT2D eigenvalue weighted by Gasteiger charge is 2.33. The predicted octanol–water partition coefficient (Wildman–Crippen LogP) is 3.72. The highest BCUT2D eigenvalue weighted by atomic mass is 15.2. The summed E-state index contributed by atoms with van der Waals surface area (Å²) in [4.78, 5) is 5.08. The molecule has 1 aliphatic heterocycles. The summed E-state index contributed by atoms with van der Waals surface area (Å²) in [5.41, 5.74) is 3.05. The lowest BCUT2D eigenvalue weighted by molar-refractivity contribution is 0.298. The van der Waals surface area contributed by atoms with Gasteiger partial charge in [-0.2, -0.15) is 0 Å². The van der Waals surface area contributed by atoms with Crippen molar-refractivity contribution in [3.05, 3.63) is 17.2 Å². The number of imidazole rings is 1. The van der Waals surface area contributed by atoms with E-state index in [-0.39, 0.29) is 5.54 Å². The summed E-state index contributed by atoms with van der Waals surface area (Å²) >= 11 is 0. The van der Waals surface area contributed by atoms with E-state index in [0.29, 0.717) is 5.92 Å². The molecule has 0 unspecified atom stereocenters. The van der Waals surface area contributed by atoms with Crippen molar-refractivity contribution in [2.24, 2.45) is 0 Å². The van der Waals surface area contributed by atoms with Crippen LogP contribution in [0.4, 0.5) is 0 Å². The third kappa shape index (κ3) is 2.41. The predicted molar refractivity (Wildman–Crippen MR) is 83.1 cm³/mol. The van der Waals surface area contributed by atoms with Crippen molar-refractivity contribution in [2.45, 2.75) is 83.7 Å². The third-order valence-electron chi connectivity index (χ3n) is 5.10. The molecule has 1 saturated carbocycles. The molecule has 0 radical (unpaired) electrons. The first kappa shape index (κ1) is 14.1. The van der Waals surface area contributed by atoms with Gasteiger partial charge in [0.2, 0.25) is 0 Å². The second-order valence-corrected chi connectivity index (χ2v) is 7.17. The number of nitrogens with zero attached hydrogens (tertiary/aromatic N) is 2. The van der Waals surface area contributed by atoms with Crippen LogP contribution in [0.2, 0.25) is 0 Å². The molecule has 1 aromatic rings. The van der Waals surface area contributed by atoms with Crippen LogP contribution in [-0.4, -0.2) is 16.1 Å². The van der Waals surface area contributed by atoms with Crippen LogP contribution in [0.1, 0.15) is 82.4 Å². The van der Waals surface area contributed by atoms with Crippen LogP contribution in [0, 0.1) is 0 Å². The molecule has 112 valence electrons. The SMILES string of the molecule is CCCC(C)(C)n1c(C2CCCC2)nc2c1CCNC2. The first-order chi connectivity index (χ1) is 9.63. The van der Waals surface area contributed by atoms with Gasteiger partial charge in [-0.15, -0.1) is 0 Å². The average molecular weight is 275 g/mol. The summed E-state index contributed by atoms with van der Waals surface area (Å²) in [7, 11) is 0. The number of nitrogens with one attached hydrogen (secondary N) is 1. The molecule has 0 spiro atoms. The molecule has 2 heterocycles. The molecule has 0 aromatic carbocycles. The minimum atomic E-state index is 0.213. The van der Waals surface area contributed by atoms with Crippen molar-refractivity contribution in [1.29, 1.82) is 0 Å². The molecule has 3 nitrogen and oxygen atoms in total. The fourth-order valence-electron chi connectivity index (χ4n) is 4.19. The highest BCUT2D eigenvalue weighted by molar-refractivity contribution is 5.24. The molecule has 3 rings (SSSR count). The van der Waals surface area contributed by atoms with Gasteiger partial charge < -0.3 is 9.88 Å². The van der Waals surface area contributed by atoms with E-state index < -0.39 is 0 Å². The summed E-state index contributed by atoms with van der Waals surface area (Å²) in [5.74, 6) is 2.10. The van der Waals surface area contributed by atoms with Gasteiger partial charge in [-0.25, -0.2) is 4.98 Å². The van der Waals surface area contributed by atoms with E-state index in [1.54, 1.807) is 0 Å². The maximum Gasteiger partial charge on any atom is 0.112 e. The van der Waals surface area contributed by atoms with Crippen molar-refractivity contribution >= 4 is 0 Å². The van der Waals surface area contributed by atoms with E-state index in [1.165, 1.54) is 55.7 Å². The van der Waals surface area contributed by atoms with Crippen LogP contribution in [-0.2, 0) is 18.5 Å². The van der Waals surface area contributed by atoms with Crippen LogP contribution in [0.25, 0.3) is 0 Å². The van der Waals surface area contributed by atoms with E-state index in [2.05, 4.69) is 30.7 Å². The van der Waals surface area contributed by atoms with Crippen molar-refractivity contribution in [3.63, 3.8) is 0 Å². The van der Waals surface area contributed by atoms with Crippen LogP contribution >= 0.6 is 0 Å². The smallest absolute Gasteiger partial charge is 0.112 e. The Kier molecular flexibility index (Phi) is 3.89. The third-order valence-corrected chi connectivity index (χ3v) is 5.10. The quantitative estimate of drug-likeness (QED) is 0.907. The molecule has 20 heavy (non-hydrogen) atoms. The van der Waals surface area contributed by atoms with Crippen molar-refractivity contribution in [1.82, 2.24) is 14.9 Å². The molecule has 2 aliphatic rings. The van der Waals surface area contributed by atoms with Crippen LogP contribution in [0.3, 0.4) is 0 Å².